The van der Waals surface area contributed by atoms with Crippen LogP contribution in [0.2, 0.25) is 0 Å². The Hall–Kier alpha value is -3.82. The molecule has 0 aromatic heterocycles. The van der Waals surface area contributed by atoms with E-state index in [-0.39, 0.29) is 12.2 Å². The lowest BCUT2D eigenvalue weighted by molar-refractivity contribution is -0.384. The summed E-state index contributed by atoms with van der Waals surface area (Å²) in [5.41, 5.74) is -0.571. The number of nitrogens with zero attached hydrogens (tertiary/aromatic N) is 2. The van der Waals surface area contributed by atoms with E-state index in [1.165, 1.54) is 55.5 Å². The molecule has 0 unspecified atom stereocenters. The van der Waals surface area contributed by atoms with E-state index >= 15 is 0 Å². The third-order valence-electron chi connectivity index (χ3n) is 4.64. The van der Waals surface area contributed by atoms with Gasteiger partial charge < -0.3 is 10.6 Å². The summed E-state index contributed by atoms with van der Waals surface area (Å²) in [5.74, 6) is -1.61. The highest BCUT2D eigenvalue weighted by molar-refractivity contribution is 6.09. The molecule has 1 atom stereocenters. The molecule has 1 heterocycles. The molecule has 150 valence electrons. The number of urea groups is 1. The summed E-state index contributed by atoms with van der Waals surface area (Å²) < 4.78 is 12.9. The van der Waals surface area contributed by atoms with Gasteiger partial charge in [0, 0.05) is 18.7 Å². The van der Waals surface area contributed by atoms with Crippen LogP contribution in [0.5, 0.6) is 0 Å². The van der Waals surface area contributed by atoms with E-state index in [0.29, 0.717) is 11.1 Å². The second-order valence-corrected chi connectivity index (χ2v) is 6.65. The SMILES string of the molecule is C[C@]1(c2ccc([N+](=O)[O-])cc2)NC(=O)N(CC(=O)NCc2ccc(F)cc2)C1=O. The molecule has 2 aromatic carbocycles. The van der Waals surface area contributed by atoms with Crippen LogP contribution in [-0.4, -0.2) is 34.2 Å². The van der Waals surface area contributed by atoms with Crippen molar-refractivity contribution in [2.75, 3.05) is 6.54 Å². The molecule has 10 heteroatoms. The van der Waals surface area contributed by atoms with Gasteiger partial charge in [0.15, 0.2) is 0 Å². The zero-order valence-corrected chi connectivity index (χ0v) is 15.3. The first-order chi connectivity index (χ1) is 13.7. The summed E-state index contributed by atoms with van der Waals surface area (Å²) in [7, 11) is 0. The Labute approximate surface area is 164 Å². The molecule has 4 amide bonds. The molecule has 9 nitrogen and oxygen atoms in total. The predicted octanol–water partition coefficient (Wildman–Crippen LogP) is 1.82. The van der Waals surface area contributed by atoms with Crippen molar-refractivity contribution in [1.82, 2.24) is 15.5 Å². The van der Waals surface area contributed by atoms with E-state index in [9.17, 15) is 28.9 Å². The van der Waals surface area contributed by atoms with E-state index in [1.54, 1.807) is 0 Å². The van der Waals surface area contributed by atoms with Crippen molar-refractivity contribution in [2.24, 2.45) is 0 Å². The second-order valence-electron chi connectivity index (χ2n) is 6.65. The number of nitro groups is 1. The van der Waals surface area contributed by atoms with Crippen molar-refractivity contribution >= 4 is 23.5 Å². The average molecular weight is 400 g/mol. The Kier molecular flexibility index (Phi) is 5.26. The molecule has 1 saturated heterocycles. The maximum Gasteiger partial charge on any atom is 0.325 e. The maximum absolute atomic E-state index is 12.9. The number of hydrogen-bond acceptors (Lipinski definition) is 5. The molecule has 0 spiro atoms. The van der Waals surface area contributed by atoms with Crippen molar-refractivity contribution < 1.29 is 23.7 Å². The number of hydrogen-bond donors (Lipinski definition) is 2. The highest BCUT2D eigenvalue weighted by atomic mass is 19.1. The number of nitro benzene ring substituents is 1. The first-order valence-corrected chi connectivity index (χ1v) is 8.61. The van der Waals surface area contributed by atoms with Gasteiger partial charge in [-0.05, 0) is 42.3 Å². The van der Waals surface area contributed by atoms with E-state index in [1.807, 2.05) is 0 Å². The fourth-order valence-corrected chi connectivity index (χ4v) is 2.96. The molecule has 2 aromatic rings. The van der Waals surface area contributed by atoms with Crippen LogP contribution in [0, 0.1) is 15.9 Å². The molecule has 29 heavy (non-hydrogen) atoms. The lowest BCUT2D eigenvalue weighted by Crippen LogP contribution is -2.43. The third-order valence-corrected chi connectivity index (χ3v) is 4.64. The van der Waals surface area contributed by atoms with E-state index in [4.69, 9.17) is 0 Å². The van der Waals surface area contributed by atoms with Gasteiger partial charge in [-0.1, -0.05) is 12.1 Å². The molecular formula is C19H17FN4O5. The van der Waals surface area contributed by atoms with E-state index in [0.717, 1.165) is 4.90 Å². The molecule has 2 N–H and O–H groups in total. The van der Waals surface area contributed by atoms with E-state index in [2.05, 4.69) is 10.6 Å². The highest BCUT2D eigenvalue weighted by Crippen LogP contribution is 2.29. The van der Waals surface area contributed by atoms with Crippen molar-refractivity contribution in [2.45, 2.75) is 19.0 Å². The van der Waals surface area contributed by atoms with Crippen LogP contribution in [0.3, 0.4) is 0 Å². The summed E-state index contributed by atoms with van der Waals surface area (Å²) in [4.78, 5) is 48.2. The summed E-state index contributed by atoms with van der Waals surface area (Å²) >= 11 is 0. The molecule has 1 aliphatic heterocycles. The predicted molar refractivity (Wildman–Crippen MR) is 98.9 cm³/mol. The third kappa shape index (κ3) is 4.05. The van der Waals surface area contributed by atoms with Crippen LogP contribution in [0.15, 0.2) is 48.5 Å². The summed E-state index contributed by atoms with van der Waals surface area (Å²) in [6.07, 6.45) is 0. The summed E-state index contributed by atoms with van der Waals surface area (Å²) in [6.45, 7) is 1.08. The van der Waals surface area contributed by atoms with Crippen molar-refractivity contribution in [1.29, 1.82) is 0 Å². The lowest BCUT2D eigenvalue weighted by atomic mass is 9.92. The van der Waals surface area contributed by atoms with Crippen molar-refractivity contribution in [3.8, 4) is 0 Å². The zero-order chi connectivity index (χ0) is 21.2. The van der Waals surface area contributed by atoms with Crippen molar-refractivity contribution in [3.05, 3.63) is 75.6 Å². The van der Waals surface area contributed by atoms with Gasteiger partial charge in [0.2, 0.25) is 5.91 Å². The van der Waals surface area contributed by atoms with E-state index < -0.39 is 40.7 Å². The van der Waals surface area contributed by atoms with Gasteiger partial charge in [0.1, 0.15) is 17.9 Å². The maximum atomic E-state index is 12.9. The topological polar surface area (TPSA) is 122 Å². The number of carbonyl (C=O) groups excluding carboxylic acids is 3. The van der Waals surface area contributed by atoms with Crippen LogP contribution in [0.1, 0.15) is 18.1 Å². The monoisotopic (exact) mass is 400 g/mol. The minimum absolute atomic E-state index is 0.113. The van der Waals surface area contributed by atoms with Crippen LogP contribution >= 0.6 is 0 Å². The Morgan fingerprint density at radius 3 is 2.38 bits per heavy atom. The van der Waals surface area contributed by atoms with Gasteiger partial charge in [-0.25, -0.2) is 9.18 Å². The Morgan fingerprint density at radius 2 is 1.79 bits per heavy atom. The van der Waals surface area contributed by atoms with Crippen LogP contribution in [-0.2, 0) is 21.7 Å². The van der Waals surface area contributed by atoms with Gasteiger partial charge in [0.05, 0.1) is 4.92 Å². The Bertz CT molecular complexity index is 977. The van der Waals surface area contributed by atoms with Crippen LogP contribution in [0.25, 0.3) is 0 Å². The second kappa shape index (κ2) is 7.66. The molecule has 0 aliphatic carbocycles. The zero-order valence-electron chi connectivity index (χ0n) is 15.3. The molecule has 0 radical (unpaired) electrons. The fraction of sp³-hybridized carbons (Fsp3) is 0.211. The highest BCUT2D eigenvalue weighted by Gasteiger charge is 2.49. The molecule has 1 fully saturated rings. The van der Waals surface area contributed by atoms with Gasteiger partial charge in [-0.15, -0.1) is 0 Å². The van der Waals surface area contributed by atoms with Crippen LogP contribution in [0.4, 0.5) is 14.9 Å². The normalized spacial score (nSPS) is 18.5. The van der Waals surface area contributed by atoms with Gasteiger partial charge in [-0.2, -0.15) is 0 Å². The molecule has 1 aliphatic rings. The van der Waals surface area contributed by atoms with Gasteiger partial charge in [-0.3, -0.25) is 24.6 Å². The minimum atomic E-state index is -1.44. The fourth-order valence-electron chi connectivity index (χ4n) is 2.96. The quantitative estimate of drug-likeness (QED) is 0.435. The summed E-state index contributed by atoms with van der Waals surface area (Å²) in [6, 6.07) is 10.0. The minimum Gasteiger partial charge on any atom is -0.350 e. The number of amides is 4. The average Bonchev–Trinajstić information content (AvgIpc) is 2.91. The molecule has 3 rings (SSSR count). The Balaban J connectivity index is 1.67. The molecular weight excluding hydrogens is 383 g/mol. The number of rotatable bonds is 6. The van der Waals surface area contributed by atoms with Gasteiger partial charge in [0.25, 0.3) is 11.6 Å². The first-order valence-electron chi connectivity index (χ1n) is 8.61. The van der Waals surface area contributed by atoms with Crippen molar-refractivity contribution in [3.63, 3.8) is 0 Å². The molecule has 0 bridgehead atoms. The Morgan fingerprint density at radius 1 is 1.17 bits per heavy atom. The first kappa shape index (κ1) is 19.9. The summed E-state index contributed by atoms with van der Waals surface area (Å²) in [5, 5.41) is 15.9. The number of carbonyl (C=O) groups is 3. The van der Waals surface area contributed by atoms with Crippen LogP contribution < -0.4 is 10.6 Å². The van der Waals surface area contributed by atoms with Gasteiger partial charge >= 0.3 is 6.03 Å². The smallest absolute Gasteiger partial charge is 0.325 e. The molecule has 0 saturated carbocycles. The number of imide groups is 1. The number of halogens is 1. The number of benzene rings is 2. The largest absolute Gasteiger partial charge is 0.350 e. The number of nitrogens with one attached hydrogen (secondary N) is 2. The standard InChI is InChI=1S/C19H17FN4O5/c1-19(13-4-8-15(9-5-13)24(28)29)17(26)23(18(27)22-19)11-16(25)21-10-12-2-6-14(20)7-3-12/h2-9H,10-11H2,1H3,(H,21,25)(H,22,27)/t19-/m1/s1. The number of non-ortho nitro benzene ring substituents is 1. The lowest BCUT2D eigenvalue weighted by Gasteiger charge is -2.22.